The Morgan fingerprint density at radius 1 is 0.970 bits per heavy atom. The van der Waals surface area contributed by atoms with Crippen LogP contribution in [-0.2, 0) is 22.9 Å². The number of benzene rings is 3. The average Bonchev–Trinajstić information content (AvgIpc) is 3.27. The fourth-order valence-corrected chi connectivity index (χ4v) is 5.02. The van der Waals surface area contributed by atoms with E-state index < -0.39 is 10.0 Å². The highest BCUT2D eigenvalue weighted by Gasteiger charge is 2.27. The second-order valence-electron chi connectivity index (χ2n) is 7.70. The lowest BCUT2D eigenvalue weighted by Crippen LogP contribution is -2.29. The lowest BCUT2D eigenvalue weighted by molar-refractivity contribution is 0.0989. The second-order valence-corrected chi connectivity index (χ2v) is 9.47. The number of hydrogen-bond donors (Lipinski definition) is 1. The van der Waals surface area contributed by atoms with Crippen molar-refractivity contribution in [3.05, 3.63) is 83.4 Å². The van der Waals surface area contributed by atoms with E-state index in [0.717, 1.165) is 16.8 Å². The molecule has 0 aliphatic carbocycles. The summed E-state index contributed by atoms with van der Waals surface area (Å²) in [6.07, 6.45) is 1.12. The van der Waals surface area contributed by atoms with Gasteiger partial charge in [0.25, 0.3) is 5.91 Å². The van der Waals surface area contributed by atoms with E-state index in [1.165, 1.54) is 0 Å². The van der Waals surface area contributed by atoms with Gasteiger partial charge in [0.15, 0.2) is 11.5 Å². The first kappa shape index (κ1) is 22.8. The standard InChI is InChI=1S/C25H26N2O5S/c1-31-23-11-8-18(16-24(23)32-2)12-14-26-33(29,30)21-9-10-22-20(17-21)13-15-27(22)25(28)19-6-4-3-5-7-19/h3-11,16-17,26H,12-15H2,1-2H3. The minimum Gasteiger partial charge on any atom is -0.493 e. The number of nitrogens with one attached hydrogen (secondary N) is 1. The largest absolute Gasteiger partial charge is 0.493 e. The molecule has 7 nitrogen and oxygen atoms in total. The molecule has 172 valence electrons. The molecule has 0 unspecified atom stereocenters. The van der Waals surface area contributed by atoms with Gasteiger partial charge in [0.05, 0.1) is 19.1 Å². The molecule has 0 fully saturated rings. The first-order valence-corrected chi connectivity index (χ1v) is 12.1. The Labute approximate surface area is 194 Å². The molecule has 1 aliphatic heterocycles. The van der Waals surface area contributed by atoms with Crippen LogP contribution < -0.4 is 19.1 Å². The molecule has 4 rings (SSSR count). The maximum Gasteiger partial charge on any atom is 0.258 e. The van der Waals surface area contributed by atoms with Gasteiger partial charge in [-0.1, -0.05) is 24.3 Å². The van der Waals surface area contributed by atoms with Crippen molar-refractivity contribution in [1.29, 1.82) is 0 Å². The molecule has 0 bridgehead atoms. The van der Waals surface area contributed by atoms with E-state index in [-0.39, 0.29) is 17.3 Å². The lowest BCUT2D eigenvalue weighted by atomic mass is 10.1. The van der Waals surface area contributed by atoms with Crippen molar-refractivity contribution >= 4 is 21.6 Å². The summed E-state index contributed by atoms with van der Waals surface area (Å²) in [5, 5.41) is 0. The number of methoxy groups -OCH3 is 2. The van der Waals surface area contributed by atoms with Crippen molar-refractivity contribution in [2.45, 2.75) is 17.7 Å². The van der Waals surface area contributed by atoms with Crippen LogP contribution in [0.1, 0.15) is 21.5 Å². The molecule has 0 radical (unpaired) electrons. The Kier molecular flexibility index (Phi) is 6.67. The summed E-state index contributed by atoms with van der Waals surface area (Å²) in [6, 6.07) is 19.5. The molecule has 33 heavy (non-hydrogen) atoms. The van der Waals surface area contributed by atoms with Gasteiger partial charge in [-0.05, 0) is 66.4 Å². The Bertz CT molecular complexity index is 1260. The predicted molar refractivity (Wildman–Crippen MR) is 127 cm³/mol. The van der Waals surface area contributed by atoms with E-state index in [0.29, 0.717) is 36.4 Å². The zero-order valence-electron chi connectivity index (χ0n) is 18.6. The summed E-state index contributed by atoms with van der Waals surface area (Å²) in [5.41, 5.74) is 3.15. The van der Waals surface area contributed by atoms with Gasteiger partial charge in [-0.2, -0.15) is 0 Å². The van der Waals surface area contributed by atoms with E-state index in [1.54, 1.807) is 55.5 Å². The fraction of sp³-hybridized carbons (Fsp3) is 0.240. The van der Waals surface area contributed by atoms with Crippen molar-refractivity contribution in [2.75, 3.05) is 32.2 Å². The highest BCUT2D eigenvalue weighted by Crippen LogP contribution is 2.31. The van der Waals surface area contributed by atoms with Gasteiger partial charge in [-0.15, -0.1) is 0 Å². The van der Waals surface area contributed by atoms with Crippen molar-refractivity contribution in [3.63, 3.8) is 0 Å². The van der Waals surface area contributed by atoms with Crippen LogP contribution in [0, 0.1) is 0 Å². The van der Waals surface area contributed by atoms with Crippen LogP contribution in [0.25, 0.3) is 0 Å². The first-order valence-electron chi connectivity index (χ1n) is 10.6. The number of rotatable bonds is 8. The minimum atomic E-state index is -3.68. The van der Waals surface area contributed by atoms with Crippen LogP contribution in [0.4, 0.5) is 5.69 Å². The third kappa shape index (κ3) is 4.86. The quantitative estimate of drug-likeness (QED) is 0.550. The molecule has 0 aromatic heterocycles. The van der Waals surface area contributed by atoms with Crippen LogP contribution in [0.3, 0.4) is 0 Å². The Balaban J connectivity index is 1.44. The Morgan fingerprint density at radius 2 is 1.73 bits per heavy atom. The number of carbonyl (C=O) groups excluding carboxylic acids is 1. The number of amides is 1. The molecule has 8 heteroatoms. The topological polar surface area (TPSA) is 84.9 Å². The summed E-state index contributed by atoms with van der Waals surface area (Å²) < 4.78 is 38.9. The van der Waals surface area contributed by atoms with Crippen LogP contribution in [0.15, 0.2) is 71.6 Å². The van der Waals surface area contributed by atoms with E-state index in [2.05, 4.69) is 4.72 Å². The van der Waals surface area contributed by atoms with Gasteiger partial charge in [0.2, 0.25) is 10.0 Å². The van der Waals surface area contributed by atoms with Gasteiger partial charge >= 0.3 is 0 Å². The van der Waals surface area contributed by atoms with Crippen molar-refractivity contribution in [1.82, 2.24) is 4.72 Å². The molecule has 3 aromatic carbocycles. The normalized spacial score (nSPS) is 13.0. The van der Waals surface area contributed by atoms with E-state index in [1.807, 2.05) is 30.3 Å². The molecule has 0 spiro atoms. The number of carbonyl (C=O) groups is 1. The predicted octanol–water partition coefficient (Wildman–Crippen LogP) is 3.43. The summed E-state index contributed by atoms with van der Waals surface area (Å²) in [5.74, 6) is 1.14. The van der Waals surface area contributed by atoms with E-state index in [9.17, 15) is 13.2 Å². The van der Waals surface area contributed by atoms with Crippen LogP contribution in [-0.4, -0.2) is 41.6 Å². The molecule has 0 atom stereocenters. The zero-order valence-corrected chi connectivity index (χ0v) is 19.4. The molecule has 1 N–H and O–H groups in total. The number of ether oxygens (including phenoxy) is 2. The lowest BCUT2D eigenvalue weighted by Gasteiger charge is -2.17. The number of sulfonamides is 1. The van der Waals surface area contributed by atoms with Crippen molar-refractivity contribution < 1.29 is 22.7 Å². The second kappa shape index (κ2) is 9.64. The molecule has 3 aromatic rings. The summed E-state index contributed by atoms with van der Waals surface area (Å²) in [7, 11) is -0.549. The summed E-state index contributed by atoms with van der Waals surface area (Å²) in [6.45, 7) is 0.771. The number of anilines is 1. The van der Waals surface area contributed by atoms with E-state index >= 15 is 0 Å². The molecular formula is C25H26N2O5S. The Hall–Kier alpha value is -3.36. The Morgan fingerprint density at radius 3 is 2.45 bits per heavy atom. The minimum absolute atomic E-state index is 0.0852. The smallest absolute Gasteiger partial charge is 0.258 e. The average molecular weight is 467 g/mol. The van der Waals surface area contributed by atoms with Crippen LogP contribution in [0.5, 0.6) is 11.5 Å². The molecular weight excluding hydrogens is 440 g/mol. The van der Waals surface area contributed by atoms with Crippen molar-refractivity contribution in [2.24, 2.45) is 0 Å². The highest BCUT2D eigenvalue weighted by molar-refractivity contribution is 7.89. The number of fused-ring (bicyclic) bond motifs is 1. The SMILES string of the molecule is COc1ccc(CCNS(=O)(=O)c2ccc3c(c2)CCN3C(=O)c2ccccc2)cc1OC. The number of nitrogens with zero attached hydrogens (tertiary/aromatic N) is 1. The maximum atomic E-state index is 12.8. The maximum absolute atomic E-state index is 12.8. The van der Waals surface area contributed by atoms with Gasteiger partial charge in [-0.25, -0.2) is 13.1 Å². The number of hydrogen-bond acceptors (Lipinski definition) is 5. The molecule has 0 saturated heterocycles. The van der Waals surface area contributed by atoms with Crippen molar-refractivity contribution in [3.8, 4) is 11.5 Å². The van der Waals surface area contributed by atoms with E-state index in [4.69, 9.17) is 9.47 Å². The molecule has 1 aliphatic rings. The molecule has 0 saturated carbocycles. The van der Waals surface area contributed by atoms with Crippen LogP contribution in [0.2, 0.25) is 0 Å². The first-order chi connectivity index (χ1) is 15.9. The monoisotopic (exact) mass is 466 g/mol. The highest BCUT2D eigenvalue weighted by atomic mass is 32.2. The van der Waals surface area contributed by atoms with Gasteiger partial charge in [0.1, 0.15) is 0 Å². The van der Waals surface area contributed by atoms with Crippen LogP contribution >= 0.6 is 0 Å². The molecule has 1 heterocycles. The summed E-state index contributed by atoms with van der Waals surface area (Å²) in [4.78, 5) is 14.7. The zero-order chi connectivity index (χ0) is 23.4. The third-order valence-corrected chi connectivity index (χ3v) is 7.14. The van der Waals surface area contributed by atoms with Gasteiger partial charge in [0, 0.05) is 24.3 Å². The fourth-order valence-electron chi connectivity index (χ4n) is 3.94. The summed E-state index contributed by atoms with van der Waals surface area (Å²) >= 11 is 0. The van der Waals surface area contributed by atoms with Gasteiger partial charge < -0.3 is 14.4 Å². The third-order valence-electron chi connectivity index (χ3n) is 5.68. The molecule has 1 amide bonds. The van der Waals surface area contributed by atoms with Gasteiger partial charge in [-0.3, -0.25) is 4.79 Å².